The van der Waals surface area contributed by atoms with Gasteiger partial charge in [0.2, 0.25) is 0 Å². The Morgan fingerprint density at radius 3 is 2.83 bits per heavy atom. The van der Waals surface area contributed by atoms with Crippen LogP contribution in [0.25, 0.3) is 0 Å². The molecule has 0 aliphatic carbocycles. The van der Waals surface area contributed by atoms with E-state index < -0.39 is 0 Å². The fraction of sp³-hybridized carbons (Fsp3) is 0.385. The van der Waals surface area contributed by atoms with Crippen LogP contribution in [0, 0.1) is 0 Å². The van der Waals surface area contributed by atoms with Crippen molar-refractivity contribution in [3.05, 3.63) is 36.2 Å². The van der Waals surface area contributed by atoms with Crippen LogP contribution < -0.4 is 5.32 Å². The zero-order valence-corrected chi connectivity index (χ0v) is 11.7. The molecule has 0 saturated carbocycles. The van der Waals surface area contributed by atoms with Crippen LogP contribution in [0.5, 0.6) is 0 Å². The normalized spacial score (nSPS) is 12.6. The van der Waals surface area contributed by atoms with Gasteiger partial charge in [0, 0.05) is 18.0 Å². The molecule has 1 N–H and O–H groups in total. The van der Waals surface area contributed by atoms with Gasteiger partial charge < -0.3 is 5.32 Å². The topological polar surface area (TPSA) is 42.7 Å². The summed E-state index contributed by atoms with van der Waals surface area (Å²) in [5.74, 6) is 0. The minimum atomic E-state index is 0.340. The average Bonchev–Trinajstić information content (AvgIpc) is 2.76. The summed E-state index contributed by atoms with van der Waals surface area (Å²) in [5, 5.41) is 8.44. The van der Waals surface area contributed by atoms with E-state index in [0.29, 0.717) is 6.04 Å². The number of aryl methyl sites for hydroxylation is 1. The van der Waals surface area contributed by atoms with Crippen LogP contribution in [0.1, 0.15) is 25.5 Å². The van der Waals surface area contributed by atoms with Crippen molar-refractivity contribution in [2.24, 2.45) is 7.05 Å². The molecule has 1 atom stereocenters. The zero-order chi connectivity index (χ0) is 13.0. The van der Waals surface area contributed by atoms with E-state index in [1.54, 1.807) is 22.8 Å². The maximum Gasteiger partial charge on any atom is 0.190 e. The summed E-state index contributed by atoms with van der Waals surface area (Å²) in [5.41, 5.74) is 1.30. The molecule has 2 aromatic rings. The zero-order valence-electron chi connectivity index (χ0n) is 10.9. The monoisotopic (exact) mass is 262 g/mol. The fourth-order valence-electron chi connectivity index (χ4n) is 1.82. The molecular weight excluding hydrogens is 244 g/mol. The maximum atomic E-state index is 4.25. The number of nitrogens with one attached hydrogen (secondary N) is 1. The highest BCUT2D eigenvalue weighted by Crippen LogP contribution is 2.31. The molecule has 1 aromatic heterocycles. The van der Waals surface area contributed by atoms with Crippen LogP contribution in [0.15, 0.2) is 40.6 Å². The Bertz CT molecular complexity index is 509. The summed E-state index contributed by atoms with van der Waals surface area (Å²) < 4.78 is 1.79. The Hall–Kier alpha value is -1.33. The smallest absolute Gasteiger partial charge is 0.190 e. The van der Waals surface area contributed by atoms with Gasteiger partial charge in [-0.25, -0.2) is 9.67 Å². The first-order valence-electron chi connectivity index (χ1n) is 6.06. The van der Waals surface area contributed by atoms with Crippen molar-refractivity contribution >= 4 is 11.8 Å². The van der Waals surface area contributed by atoms with E-state index in [1.807, 2.05) is 7.05 Å². The van der Waals surface area contributed by atoms with Gasteiger partial charge in [-0.05, 0) is 36.9 Å². The highest BCUT2D eigenvalue weighted by Gasteiger charge is 2.12. The predicted molar refractivity (Wildman–Crippen MR) is 73.7 cm³/mol. The van der Waals surface area contributed by atoms with Crippen molar-refractivity contribution in [3.63, 3.8) is 0 Å². The van der Waals surface area contributed by atoms with Crippen LogP contribution in [0.3, 0.4) is 0 Å². The van der Waals surface area contributed by atoms with Gasteiger partial charge in [-0.3, -0.25) is 0 Å². The van der Waals surface area contributed by atoms with E-state index in [-0.39, 0.29) is 0 Å². The number of hydrogen-bond donors (Lipinski definition) is 1. The molecule has 0 radical (unpaired) electrons. The molecule has 0 bridgehead atoms. The van der Waals surface area contributed by atoms with E-state index in [2.05, 4.69) is 53.5 Å². The second-order valence-corrected chi connectivity index (χ2v) is 5.09. The largest absolute Gasteiger partial charge is 0.310 e. The summed E-state index contributed by atoms with van der Waals surface area (Å²) in [6, 6.07) is 8.76. The highest BCUT2D eigenvalue weighted by molar-refractivity contribution is 7.99. The van der Waals surface area contributed by atoms with E-state index >= 15 is 0 Å². The Morgan fingerprint density at radius 1 is 1.39 bits per heavy atom. The first-order chi connectivity index (χ1) is 8.72. The summed E-state index contributed by atoms with van der Waals surface area (Å²) in [6.07, 6.45) is 1.58. The lowest BCUT2D eigenvalue weighted by molar-refractivity contribution is 0.589. The SMILES string of the molecule is CCNC(C)c1ccccc1Sc1ncnn1C. The van der Waals surface area contributed by atoms with Gasteiger partial charge in [0.1, 0.15) is 6.33 Å². The van der Waals surface area contributed by atoms with Gasteiger partial charge in [0.15, 0.2) is 5.16 Å². The Labute approximate surface area is 112 Å². The maximum absolute atomic E-state index is 4.25. The van der Waals surface area contributed by atoms with Crippen LogP contribution in [0.4, 0.5) is 0 Å². The second-order valence-electron chi connectivity index (χ2n) is 4.09. The third-order valence-corrected chi connectivity index (χ3v) is 3.91. The van der Waals surface area contributed by atoms with Crippen molar-refractivity contribution < 1.29 is 0 Å². The predicted octanol–water partition coefficient (Wildman–Crippen LogP) is 2.64. The molecular formula is C13H18N4S. The summed E-state index contributed by atoms with van der Waals surface area (Å²) in [7, 11) is 1.91. The molecule has 5 heteroatoms. The standard InChI is InChI=1S/C13H18N4S/c1-4-14-10(2)11-7-5-6-8-12(11)18-13-15-9-16-17(13)3/h5-10,14H,4H2,1-3H3. The molecule has 1 aromatic carbocycles. The third-order valence-electron chi connectivity index (χ3n) is 2.77. The molecule has 0 amide bonds. The van der Waals surface area contributed by atoms with Crippen molar-refractivity contribution in [3.8, 4) is 0 Å². The van der Waals surface area contributed by atoms with Crippen LogP contribution in [0.2, 0.25) is 0 Å². The van der Waals surface area contributed by atoms with Gasteiger partial charge in [0.25, 0.3) is 0 Å². The van der Waals surface area contributed by atoms with Crippen molar-refractivity contribution in [1.29, 1.82) is 0 Å². The van der Waals surface area contributed by atoms with Crippen LogP contribution in [-0.2, 0) is 7.05 Å². The molecule has 0 saturated heterocycles. The Morgan fingerprint density at radius 2 is 2.17 bits per heavy atom. The highest BCUT2D eigenvalue weighted by atomic mass is 32.2. The van der Waals surface area contributed by atoms with Crippen molar-refractivity contribution in [1.82, 2.24) is 20.1 Å². The number of nitrogens with zero attached hydrogens (tertiary/aromatic N) is 3. The molecule has 18 heavy (non-hydrogen) atoms. The number of aromatic nitrogens is 3. The van der Waals surface area contributed by atoms with Gasteiger partial charge in [-0.1, -0.05) is 25.1 Å². The Kier molecular flexibility index (Phi) is 4.38. The van der Waals surface area contributed by atoms with E-state index in [4.69, 9.17) is 0 Å². The van der Waals surface area contributed by atoms with E-state index in [9.17, 15) is 0 Å². The van der Waals surface area contributed by atoms with Gasteiger partial charge in [-0.15, -0.1) is 0 Å². The van der Waals surface area contributed by atoms with Gasteiger partial charge >= 0.3 is 0 Å². The molecule has 0 fully saturated rings. The fourth-order valence-corrected chi connectivity index (χ4v) is 2.81. The summed E-state index contributed by atoms with van der Waals surface area (Å²) in [6.45, 7) is 5.26. The van der Waals surface area contributed by atoms with Gasteiger partial charge in [-0.2, -0.15) is 5.10 Å². The molecule has 0 aliphatic rings. The lowest BCUT2D eigenvalue weighted by atomic mass is 10.1. The number of rotatable bonds is 5. The molecule has 96 valence electrons. The van der Waals surface area contributed by atoms with E-state index in [1.165, 1.54) is 10.5 Å². The lowest BCUT2D eigenvalue weighted by Gasteiger charge is -2.16. The summed E-state index contributed by atoms with van der Waals surface area (Å²) >= 11 is 1.65. The molecule has 4 nitrogen and oxygen atoms in total. The molecule has 0 aliphatic heterocycles. The minimum absolute atomic E-state index is 0.340. The Balaban J connectivity index is 2.25. The van der Waals surface area contributed by atoms with Crippen molar-refractivity contribution in [2.45, 2.75) is 29.9 Å². The first-order valence-corrected chi connectivity index (χ1v) is 6.88. The lowest BCUT2D eigenvalue weighted by Crippen LogP contribution is -2.18. The third kappa shape index (κ3) is 2.91. The number of benzene rings is 1. The van der Waals surface area contributed by atoms with Crippen LogP contribution >= 0.6 is 11.8 Å². The van der Waals surface area contributed by atoms with Crippen LogP contribution in [-0.4, -0.2) is 21.3 Å². The molecule has 1 unspecified atom stereocenters. The molecule has 2 rings (SSSR count). The molecule has 0 spiro atoms. The minimum Gasteiger partial charge on any atom is -0.310 e. The quantitative estimate of drug-likeness (QED) is 0.899. The molecule has 1 heterocycles. The number of hydrogen-bond acceptors (Lipinski definition) is 4. The average molecular weight is 262 g/mol. The van der Waals surface area contributed by atoms with Crippen molar-refractivity contribution in [2.75, 3.05) is 6.54 Å². The van der Waals surface area contributed by atoms with E-state index in [0.717, 1.165) is 11.7 Å². The first kappa shape index (κ1) is 13.1. The second kappa shape index (κ2) is 6.02. The van der Waals surface area contributed by atoms with Gasteiger partial charge in [0.05, 0.1) is 0 Å². The summed E-state index contributed by atoms with van der Waals surface area (Å²) in [4.78, 5) is 5.48.